The van der Waals surface area contributed by atoms with Crippen molar-refractivity contribution in [3.05, 3.63) is 58.4 Å². The van der Waals surface area contributed by atoms with Crippen LogP contribution in [0.15, 0.2) is 42.9 Å². The van der Waals surface area contributed by atoms with Gasteiger partial charge in [-0.3, -0.25) is 0 Å². The SMILES string of the molecule is COc1ccc(Cl)cc1-c1nc(CC(C)(C)O)sc1NC(O)c1cnn2cccnc12. The van der Waals surface area contributed by atoms with Crippen LogP contribution in [0.1, 0.15) is 30.6 Å². The lowest BCUT2D eigenvalue weighted by Gasteiger charge is -2.14. The fourth-order valence-corrected chi connectivity index (χ4v) is 4.59. The first kappa shape index (κ1) is 21.5. The number of aliphatic hydroxyl groups excluding tert-OH is 1. The number of hydrogen-bond donors (Lipinski definition) is 3. The van der Waals surface area contributed by atoms with Crippen molar-refractivity contribution >= 4 is 33.6 Å². The highest BCUT2D eigenvalue weighted by molar-refractivity contribution is 7.16. The van der Waals surface area contributed by atoms with Crippen molar-refractivity contribution in [3.63, 3.8) is 0 Å². The molecule has 0 bridgehead atoms. The van der Waals surface area contributed by atoms with Gasteiger partial charge in [-0.2, -0.15) is 5.10 Å². The molecule has 0 amide bonds. The Morgan fingerprint density at radius 3 is 2.90 bits per heavy atom. The minimum Gasteiger partial charge on any atom is -0.496 e. The zero-order valence-electron chi connectivity index (χ0n) is 17.2. The number of thiazole rings is 1. The summed E-state index contributed by atoms with van der Waals surface area (Å²) in [6.45, 7) is 3.45. The Morgan fingerprint density at radius 1 is 1.35 bits per heavy atom. The van der Waals surface area contributed by atoms with Gasteiger partial charge in [0, 0.05) is 29.4 Å². The summed E-state index contributed by atoms with van der Waals surface area (Å²) in [5.41, 5.74) is 1.40. The smallest absolute Gasteiger partial charge is 0.162 e. The van der Waals surface area contributed by atoms with Gasteiger partial charge in [0.25, 0.3) is 0 Å². The summed E-state index contributed by atoms with van der Waals surface area (Å²) < 4.78 is 7.09. The molecular formula is C21H22ClN5O3S. The molecule has 0 aliphatic heterocycles. The van der Waals surface area contributed by atoms with Gasteiger partial charge in [-0.05, 0) is 38.1 Å². The molecule has 0 aliphatic carbocycles. The van der Waals surface area contributed by atoms with Crippen molar-refractivity contribution in [2.45, 2.75) is 32.1 Å². The van der Waals surface area contributed by atoms with Gasteiger partial charge >= 0.3 is 0 Å². The molecular weight excluding hydrogens is 438 g/mol. The second kappa shape index (κ2) is 8.43. The van der Waals surface area contributed by atoms with Crippen LogP contribution in [0.3, 0.4) is 0 Å². The second-order valence-electron chi connectivity index (χ2n) is 7.65. The Labute approximate surface area is 188 Å². The number of halogens is 1. The summed E-state index contributed by atoms with van der Waals surface area (Å²) >= 11 is 7.58. The van der Waals surface area contributed by atoms with Gasteiger partial charge in [-0.15, -0.1) is 11.3 Å². The van der Waals surface area contributed by atoms with Crippen LogP contribution in [-0.2, 0) is 6.42 Å². The van der Waals surface area contributed by atoms with Crippen LogP contribution in [0.2, 0.25) is 5.02 Å². The molecule has 3 heterocycles. The lowest BCUT2D eigenvalue weighted by Crippen LogP contribution is -2.21. The quantitative estimate of drug-likeness (QED) is 0.359. The third-order valence-corrected chi connectivity index (χ3v) is 5.76. The molecule has 4 aromatic rings. The monoisotopic (exact) mass is 459 g/mol. The number of methoxy groups -OCH3 is 1. The minimum atomic E-state index is -1.08. The summed E-state index contributed by atoms with van der Waals surface area (Å²) in [5, 5.41) is 30.4. The molecule has 0 saturated carbocycles. The van der Waals surface area contributed by atoms with E-state index in [1.54, 1.807) is 68.3 Å². The van der Waals surface area contributed by atoms with E-state index in [-0.39, 0.29) is 0 Å². The van der Waals surface area contributed by atoms with E-state index in [2.05, 4.69) is 15.4 Å². The molecule has 4 rings (SSSR count). The largest absolute Gasteiger partial charge is 0.496 e. The molecule has 0 aliphatic rings. The van der Waals surface area contributed by atoms with Gasteiger partial charge in [0.2, 0.25) is 0 Å². The molecule has 0 spiro atoms. The third-order valence-electron chi connectivity index (χ3n) is 4.54. The Kier molecular flexibility index (Phi) is 5.85. The Hall–Kier alpha value is -2.72. The standard InChI is InChI=1S/C21H22ClN5O3S/c1-21(2,29)10-16-25-17(13-9-12(22)5-6-15(13)30-3)20(31-16)26-19(28)14-11-24-27-8-4-7-23-18(14)27/h4-9,11,19,26,28-29H,10H2,1-3H3. The van der Waals surface area contributed by atoms with Crippen LogP contribution in [0.25, 0.3) is 16.9 Å². The Balaban J connectivity index is 1.76. The number of aromatic nitrogens is 4. The molecule has 1 unspecified atom stereocenters. The highest BCUT2D eigenvalue weighted by atomic mass is 35.5. The maximum Gasteiger partial charge on any atom is 0.162 e. The number of ether oxygens (including phenoxy) is 1. The molecule has 3 aromatic heterocycles. The van der Waals surface area contributed by atoms with Crippen LogP contribution in [0.4, 0.5) is 5.00 Å². The molecule has 1 atom stereocenters. The third kappa shape index (κ3) is 4.64. The van der Waals surface area contributed by atoms with Gasteiger partial charge in [0.1, 0.15) is 16.4 Å². The van der Waals surface area contributed by atoms with E-state index >= 15 is 0 Å². The molecule has 10 heteroatoms. The zero-order chi connectivity index (χ0) is 22.2. The van der Waals surface area contributed by atoms with Crippen molar-refractivity contribution in [1.82, 2.24) is 19.6 Å². The first-order valence-electron chi connectivity index (χ1n) is 9.54. The average molecular weight is 460 g/mol. The molecule has 0 radical (unpaired) electrons. The maximum absolute atomic E-state index is 10.9. The van der Waals surface area contributed by atoms with Crippen LogP contribution in [0.5, 0.6) is 5.75 Å². The van der Waals surface area contributed by atoms with Crippen molar-refractivity contribution in [1.29, 1.82) is 0 Å². The molecule has 8 nitrogen and oxygen atoms in total. The molecule has 1 aromatic carbocycles. The maximum atomic E-state index is 10.9. The molecule has 0 saturated heterocycles. The topological polar surface area (TPSA) is 105 Å². The molecule has 0 fully saturated rings. The highest BCUT2D eigenvalue weighted by Crippen LogP contribution is 2.41. The van der Waals surface area contributed by atoms with Gasteiger partial charge in [-0.1, -0.05) is 11.6 Å². The first-order chi connectivity index (χ1) is 14.7. The number of aliphatic hydroxyl groups is 2. The van der Waals surface area contributed by atoms with Crippen molar-refractivity contribution in [3.8, 4) is 17.0 Å². The summed E-state index contributed by atoms with van der Waals surface area (Å²) in [7, 11) is 1.57. The molecule has 3 N–H and O–H groups in total. The van der Waals surface area contributed by atoms with Crippen LogP contribution < -0.4 is 10.1 Å². The second-order valence-corrected chi connectivity index (χ2v) is 9.17. The van der Waals surface area contributed by atoms with Crippen LogP contribution in [0, 0.1) is 0 Å². The number of hydrogen-bond acceptors (Lipinski definition) is 8. The van der Waals surface area contributed by atoms with E-state index in [1.807, 2.05) is 0 Å². The Morgan fingerprint density at radius 2 is 2.16 bits per heavy atom. The number of nitrogens with zero attached hydrogens (tertiary/aromatic N) is 4. The lowest BCUT2D eigenvalue weighted by molar-refractivity contribution is 0.0809. The number of fused-ring (bicyclic) bond motifs is 1. The number of anilines is 1. The van der Waals surface area contributed by atoms with Gasteiger partial charge < -0.3 is 20.3 Å². The summed E-state index contributed by atoms with van der Waals surface area (Å²) in [4.78, 5) is 9.02. The van der Waals surface area contributed by atoms with Crippen molar-refractivity contribution < 1.29 is 14.9 Å². The van der Waals surface area contributed by atoms with Crippen molar-refractivity contribution in [2.75, 3.05) is 12.4 Å². The number of rotatable bonds is 7. The number of nitrogens with one attached hydrogen (secondary N) is 1. The van der Waals surface area contributed by atoms with Gasteiger partial charge in [-0.25, -0.2) is 14.5 Å². The normalized spacial score (nSPS) is 12.8. The summed E-state index contributed by atoms with van der Waals surface area (Å²) in [5.74, 6) is 0.597. The average Bonchev–Trinajstić information content (AvgIpc) is 3.30. The fourth-order valence-electron chi connectivity index (χ4n) is 3.20. The van der Waals surface area contributed by atoms with Crippen molar-refractivity contribution in [2.24, 2.45) is 0 Å². The van der Waals surface area contributed by atoms with Crippen LogP contribution in [-0.4, -0.2) is 42.5 Å². The van der Waals surface area contributed by atoms with Crippen LogP contribution >= 0.6 is 22.9 Å². The van der Waals surface area contributed by atoms with E-state index in [0.717, 1.165) is 0 Å². The van der Waals surface area contributed by atoms with E-state index in [0.29, 0.717) is 49.7 Å². The van der Waals surface area contributed by atoms with E-state index < -0.39 is 11.8 Å². The predicted molar refractivity (Wildman–Crippen MR) is 121 cm³/mol. The van der Waals surface area contributed by atoms with Gasteiger partial charge in [0.15, 0.2) is 11.9 Å². The minimum absolute atomic E-state index is 0.351. The summed E-state index contributed by atoms with van der Waals surface area (Å²) in [6.07, 6.45) is 4.24. The lowest BCUT2D eigenvalue weighted by atomic mass is 10.1. The van der Waals surface area contributed by atoms with E-state index in [1.165, 1.54) is 11.3 Å². The van der Waals surface area contributed by atoms with Gasteiger partial charge in [0.05, 0.1) is 29.5 Å². The molecule has 162 valence electrons. The van der Waals surface area contributed by atoms with E-state index in [4.69, 9.17) is 21.3 Å². The number of benzene rings is 1. The molecule has 31 heavy (non-hydrogen) atoms. The summed E-state index contributed by atoms with van der Waals surface area (Å²) in [6, 6.07) is 7.03. The first-order valence-corrected chi connectivity index (χ1v) is 10.7. The fraction of sp³-hybridized carbons (Fsp3) is 0.286. The predicted octanol–water partition coefficient (Wildman–Crippen LogP) is 3.93. The zero-order valence-corrected chi connectivity index (χ0v) is 18.8. The van der Waals surface area contributed by atoms with E-state index in [9.17, 15) is 10.2 Å². The Bertz CT molecular complexity index is 1220. The highest BCUT2D eigenvalue weighted by Gasteiger charge is 2.24.